The zero-order valence-electron chi connectivity index (χ0n) is 17.1. The summed E-state index contributed by atoms with van der Waals surface area (Å²) in [6.45, 7) is 1.45. The summed E-state index contributed by atoms with van der Waals surface area (Å²) in [6, 6.07) is 7.10. The van der Waals surface area contributed by atoms with Gasteiger partial charge in [0.15, 0.2) is 5.96 Å². The van der Waals surface area contributed by atoms with Crippen LogP contribution in [0, 0.1) is 6.92 Å². The number of rotatable bonds is 8. The Morgan fingerprint density at radius 1 is 1.40 bits per heavy atom. The van der Waals surface area contributed by atoms with Gasteiger partial charge in [0.1, 0.15) is 5.75 Å². The molecule has 10 heteroatoms. The summed E-state index contributed by atoms with van der Waals surface area (Å²) in [5.74, 6) is 0.965. The quantitative estimate of drug-likeness (QED) is 0.225. The summed E-state index contributed by atoms with van der Waals surface area (Å²) >= 11 is 1.70. The number of hydrogen-bond acceptors (Lipinski definition) is 5. The second-order valence-electron chi connectivity index (χ2n) is 6.91. The van der Waals surface area contributed by atoms with Gasteiger partial charge >= 0.3 is 6.61 Å². The second-order valence-corrected chi connectivity index (χ2v) is 7.85. The Morgan fingerprint density at radius 3 is 2.90 bits per heavy atom. The van der Waals surface area contributed by atoms with Gasteiger partial charge in [-0.2, -0.15) is 8.78 Å². The van der Waals surface area contributed by atoms with Crippen LogP contribution in [-0.4, -0.2) is 50.3 Å². The molecule has 0 spiro atoms. The van der Waals surface area contributed by atoms with Gasteiger partial charge in [0.25, 0.3) is 0 Å². The largest absolute Gasteiger partial charge is 0.433 e. The first-order valence-electron chi connectivity index (χ1n) is 9.72. The number of hydrogen-bond donors (Lipinski definition) is 2. The van der Waals surface area contributed by atoms with Crippen molar-refractivity contribution in [2.45, 2.75) is 38.8 Å². The number of ether oxygens (including phenoxy) is 1. The molecule has 0 saturated carbocycles. The topological polar surface area (TPSA) is 61.8 Å². The van der Waals surface area contributed by atoms with Gasteiger partial charge in [0.05, 0.1) is 10.7 Å². The minimum absolute atomic E-state index is 0. The molecule has 0 amide bonds. The van der Waals surface area contributed by atoms with Crippen LogP contribution in [0.25, 0.3) is 0 Å². The molecule has 1 unspecified atom stereocenters. The van der Waals surface area contributed by atoms with Gasteiger partial charge in [-0.1, -0.05) is 12.1 Å². The third-order valence-electron chi connectivity index (χ3n) is 4.70. The molecule has 0 aliphatic carbocycles. The number of aryl methyl sites for hydroxylation is 2. The maximum absolute atomic E-state index is 12.7. The Bertz CT molecular complexity index is 820. The third-order valence-corrected chi connectivity index (χ3v) is 5.73. The van der Waals surface area contributed by atoms with Gasteiger partial charge in [0.2, 0.25) is 0 Å². The molecule has 1 atom stereocenters. The second kappa shape index (κ2) is 12.2. The van der Waals surface area contributed by atoms with E-state index in [-0.39, 0.29) is 35.8 Å². The van der Waals surface area contributed by atoms with Gasteiger partial charge < -0.3 is 20.3 Å². The van der Waals surface area contributed by atoms with E-state index in [1.165, 1.54) is 0 Å². The van der Waals surface area contributed by atoms with E-state index in [4.69, 9.17) is 0 Å². The molecule has 3 rings (SSSR count). The molecule has 2 aromatic rings. The molecule has 1 aliphatic heterocycles. The highest BCUT2D eigenvalue weighted by molar-refractivity contribution is 14.0. The van der Waals surface area contributed by atoms with Crippen LogP contribution in [-0.2, 0) is 6.42 Å². The number of aromatic nitrogens is 1. The molecule has 1 aromatic heterocycles. The van der Waals surface area contributed by atoms with Crippen LogP contribution >= 0.6 is 35.3 Å². The lowest BCUT2D eigenvalue weighted by Gasteiger charge is -2.22. The Morgan fingerprint density at radius 2 is 2.20 bits per heavy atom. The van der Waals surface area contributed by atoms with Crippen LogP contribution in [0.4, 0.5) is 14.5 Å². The molecule has 1 fully saturated rings. The number of anilines is 1. The summed E-state index contributed by atoms with van der Waals surface area (Å²) in [5.41, 5.74) is 1.76. The van der Waals surface area contributed by atoms with Crippen LogP contribution in [0.15, 0.2) is 34.6 Å². The summed E-state index contributed by atoms with van der Waals surface area (Å²) in [4.78, 5) is 10.8. The number of aliphatic imine (C=N–C) groups is 1. The molecule has 1 aromatic carbocycles. The maximum atomic E-state index is 12.7. The Balaban J connectivity index is 0.00000320. The lowest BCUT2D eigenvalue weighted by molar-refractivity contribution is -0.0495. The Kier molecular flexibility index (Phi) is 10.0. The predicted molar refractivity (Wildman–Crippen MR) is 129 cm³/mol. The number of alkyl halides is 2. The van der Waals surface area contributed by atoms with Gasteiger partial charge in [-0.05, 0) is 31.9 Å². The highest BCUT2D eigenvalue weighted by Gasteiger charge is 2.26. The third kappa shape index (κ3) is 7.22. The first-order chi connectivity index (χ1) is 14.0. The number of thiazole rings is 1. The lowest BCUT2D eigenvalue weighted by Crippen LogP contribution is -2.44. The first-order valence-corrected chi connectivity index (χ1v) is 10.6. The summed E-state index contributed by atoms with van der Waals surface area (Å²) in [7, 11) is 1.75. The van der Waals surface area contributed by atoms with Crippen molar-refractivity contribution in [1.82, 2.24) is 15.6 Å². The van der Waals surface area contributed by atoms with E-state index in [1.54, 1.807) is 30.5 Å². The van der Waals surface area contributed by atoms with Crippen LogP contribution in [0.1, 0.15) is 23.5 Å². The number of para-hydroxylation sites is 2. The zero-order chi connectivity index (χ0) is 20.6. The number of nitrogens with zero attached hydrogens (tertiary/aromatic N) is 3. The number of nitrogens with one attached hydrogen (secondary N) is 2. The van der Waals surface area contributed by atoms with E-state index in [0.29, 0.717) is 12.2 Å². The molecule has 0 radical (unpaired) electrons. The average molecular weight is 551 g/mol. The maximum Gasteiger partial charge on any atom is 0.387 e. The van der Waals surface area contributed by atoms with Crippen LogP contribution in [0.3, 0.4) is 0 Å². The van der Waals surface area contributed by atoms with E-state index in [2.05, 4.69) is 35.6 Å². The van der Waals surface area contributed by atoms with Crippen LogP contribution < -0.4 is 20.3 Å². The summed E-state index contributed by atoms with van der Waals surface area (Å²) < 4.78 is 30.0. The normalized spacial score (nSPS) is 16.5. The monoisotopic (exact) mass is 551 g/mol. The molecule has 6 nitrogen and oxygen atoms in total. The molecular formula is C20H28F2IN5OS. The molecular weight excluding hydrogens is 523 g/mol. The fourth-order valence-corrected chi connectivity index (χ4v) is 4.18. The van der Waals surface area contributed by atoms with Crippen LogP contribution in [0.2, 0.25) is 0 Å². The van der Waals surface area contributed by atoms with E-state index in [1.807, 2.05) is 19.1 Å². The fourth-order valence-electron chi connectivity index (χ4n) is 3.36. The van der Waals surface area contributed by atoms with Crippen LogP contribution in [0.5, 0.6) is 5.75 Å². The molecule has 2 heterocycles. The van der Waals surface area contributed by atoms with E-state index in [0.717, 1.165) is 49.0 Å². The molecule has 166 valence electrons. The van der Waals surface area contributed by atoms with Gasteiger partial charge in [0, 0.05) is 50.2 Å². The van der Waals surface area contributed by atoms with E-state index in [9.17, 15) is 8.78 Å². The molecule has 0 bridgehead atoms. The number of halogens is 3. The van der Waals surface area contributed by atoms with Crippen molar-refractivity contribution in [3.8, 4) is 5.75 Å². The van der Waals surface area contributed by atoms with Crippen molar-refractivity contribution in [2.24, 2.45) is 4.99 Å². The fraction of sp³-hybridized carbons (Fsp3) is 0.500. The number of guanidine groups is 1. The predicted octanol–water partition coefficient (Wildman–Crippen LogP) is 4.05. The van der Waals surface area contributed by atoms with E-state index < -0.39 is 6.61 Å². The zero-order valence-corrected chi connectivity index (χ0v) is 20.3. The Hall–Kier alpha value is -1.69. The van der Waals surface area contributed by atoms with Gasteiger partial charge in [-0.25, -0.2) is 4.98 Å². The SMILES string of the molecule is CN=C(NCCCc1nc(C)cs1)NC1CCN(c2ccccc2OC(F)F)C1.I. The van der Waals surface area contributed by atoms with Gasteiger partial charge in [-0.3, -0.25) is 4.99 Å². The van der Waals surface area contributed by atoms with Crippen molar-refractivity contribution in [1.29, 1.82) is 0 Å². The highest BCUT2D eigenvalue weighted by atomic mass is 127. The average Bonchev–Trinajstić information content (AvgIpc) is 3.33. The van der Waals surface area contributed by atoms with Crippen molar-refractivity contribution in [3.05, 3.63) is 40.3 Å². The smallest absolute Gasteiger partial charge is 0.387 e. The summed E-state index contributed by atoms with van der Waals surface area (Å²) in [6.07, 6.45) is 2.81. The van der Waals surface area contributed by atoms with Gasteiger partial charge in [-0.15, -0.1) is 35.3 Å². The lowest BCUT2D eigenvalue weighted by atomic mass is 10.2. The van der Waals surface area contributed by atoms with Crippen molar-refractivity contribution in [3.63, 3.8) is 0 Å². The highest BCUT2D eigenvalue weighted by Crippen LogP contribution is 2.31. The van der Waals surface area contributed by atoms with Crippen molar-refractivity contribution < 1.29 is 13.5 Å². The molecule has 30 heavy (non-hydrogen) atoms. The molecule has 1 aliphatic rings. The standard InChI is InChI=1S/C20H27F2N5OS.HI/c1-14-13-29-18(25-14)8-5-10-24-20(23-2)26-15-9-11-27(12-15)16-6-3-4-7-17(16)28-19(21)22;/h3-4,6-7,13,15,19H,5,8-12H2,1-2H3,(H2,23,24,26);1H. The van der Waals surface area contributed by atoms with Crippen molar-refractivity contribution in [2.75, 3.05) is 31.6 Å². The minimum atomic E-state index is -2.83. The first kappa shape index (κ1) is 24.6. The van der Waals surface area contributed by atoms with Crippen molar-refractivity contribution >= 4 is 47.0 Å². The Labute approximate surface area is 197 Å². The molecule has 1 saturated heterocycles. The summed E-state index contributed by atoms with van der Waals surface area (Å²) in [5, 5.41) is 9.99. The molecule has 2 N–H and O–H groups in total. The number of benzene rings is 1. The minimum Gasteiger partial charge on any atom is -0.433 e. The van der Waals surface area contributed by atoms with E-state index >= 15 is 0 Å².